The van der Waals surface area contributed by atoms with Gasteiger partial charge >= 0.3 is 0 Å². The predicted molar refractivity (Wildman–Crippen MR) is 78.3 cm³/mol. The topological polar surface area (TPSA) is 68.0 Å². The van der Waals surface area contributed by atoms with Gasteiger partial charge in [-0.25, -0.2) is 9.37 Å². The van der Waals surface area contributed by atoms with Crippen molar-refractivity contribution in [3.63, 3.8) is 0 Å². The normalized spacial score (nSPS) is 10.5. The lowest BCUT2D eigenvalue weighted by atomic mass is 10.3. The predicted octanol–water partition coefficient (Wildman–Crippen LogP) is 3.84. The van der Waals surface area contributed by atoms with Crippen LogP contribution in [0.4, 0.5) is 15.2 Å². The lowest BCUT2D eigenvalue weighted by Crippen LogP contribution is -2.12. The summed E-state index contributed by atoms with van der Waals surface area (Å²) in [6, 6.07) is 2.34. The summed E-state index contributed by atoms with van der Waals surface area (Å²) in [6.45, 7) is 1.68. The third kappa shape index (κ3) is 3.05. The zero-order valence-corrected chi connectivity index (χ0v) is 12.8. The Morgan fingerprint density at radius 1 is 1.58 bits per heavy atom. The number of benzene rings is 1. The highest BCUT2D eigenvalue weighted by molar-refractivity contribution is 9.10. The summed E-state index contributed by atoms with van der Waals surface area (Å²) >= 11 is 10.1. The van der Waals surface area contributed by atoms with Gasteiger partial charge in [0.1, 0.15) is 10.7 Å². The first-order valence-electron chi connectivity index (χ1n) is 5.07. The largest absolute Gasteiger partial charge is 0.375 e. The van der Waals surface area contributed by atoms with Gasteiger partial charge in [0.25, 0.3) is 5.91 Å². The Kier molecular flexibility index (Phi) is 4.07. The third-order valence-electron chi connectivity index (χ3n) is 2.26. The van der Waals surface area contributed by atoms with E-state index in [0.717, 1.165) is 17.4 Å². The first kappa shape index (κ1) is 14.2. The number of hydrogen-bond donors (Lipinski definition) is 2. The number of thiazole rings is 1. The number of halogens is 3. The third-order valence-corrected chi connectivity index (χ3v) is 4.17. The average molecular weight is 365 g/mol. The molecule has 0 bridgehead atoms. The van der Waals surface area contributed by atoms with E-state index < -0.39 is 5.82 Å². The van der Waals surface area contributed by atoms with E-state index >= 15 is 0 Å². The number of hydrogen-bond acceptors (Lipinski definition) is 4. The van der Waals surface area contributed by atoms with Crippen molar-refractivity contribution in [1.82, 2.24) is 4.98 Å². The number of rotatable bonds is 2. The molecule has 0 aliphatic rings. The molecule has 100 valence electrons. The molecule has 19 heavy (non-hydrogen) atoms. The minimum absolute atomic E-state index is 0.107. The average Bonchev–Trinajstić information content (AvgIpc) is 2.62. The van der Waals surface area contributed by atoms with Gasteiger partial charge < -0.3 is 11.1 Å². The molecular weight excluding hydrogens is 357 g/mol. The Hall–Kier alpha value is -1.18. The summed E-state index contributed by atoms with van der Waals surface area (Å²) in [5.74, 6) is -0.881. The molecule has 0 saturated carbocycles. The van der Waals surface area contributed by atoms with Gasteiger partial charge in [0, 0.05) is 4.47 Å². The summed E-state index contributed by atoms with van der Waals surface area (Å²) in [6.07, 6.45) is 0. The van der Waals surface area contributed by atoms with E-state index in [9.17, 15) is 9.18 Å². The van der Waals surface area contributed by atoms with Crippen molar-refractivity contribution in [2.75, 3.05) is 11.1 Å². The molecule has 0 saturated heterocycles. The molecule has 2 rings (SSSR count). The van der Waals surface area contributed by atoms with Gasteiger partial charge in [0.2, 0.25) is 0 Å². The van der Waals surface area contributed by atoms with E-state index in [1.165, 1.54) is 6.07 Å². The number of anilines is 2. The number of nitrogens with two attached hydrogens (primary N) is 1. The Balaban J connectivity index is 2.32. The number of nitrogens with one attached hydrogen (secondary N) is 1. The molecule has 1 aromatic carbocycles. The van der Waals surface area contributed by atoms with Gasteiger partial charge in [0.05, 0.1) is 16.4 Å². The van der Waals surface area contributed by atoms with Crippen LogP contribution >= 0.6 is 38.9 Å². The summed E-state index contributed by atoms with van der Waals surface area (Å²) in [7, 11) is 0. The highest BCUT2D eigenvalue weighted by Gasteiger charge is 2.17. The van der Waals surface area contributed by atoms with Crippen LogP contribution in [0.25, 0.3) is 0 Å². The standard InChI is InChI=1S/C11H8BrClFN3OS/c1-4-9(19-11(15)16-4)10(18)17-8-6(12)2-5(14)3-7(8)13/h2-3H,1H3,(H2,15,16)(H,17,18). The van der Waals surface area contributed by atoms with Gasteiger partial charge in [-0.3, -0.25) is 4.79 Å². The zero-order chi connectivity index (χ0) is 14.2. The quantitative estimate of drug-likeness (QED) is 0.850. The van der Waals surface area contributed by atoms with E-state index in [2.05, 4.69) is 26.2 Å². The van der Waals surface area contributed by atoms with E-state index in [-0.39, 0.29) is 10.9 Å². The van der Waals surface area contributed by atoms with Crippen LogP contribution in [0.15, 0.2) is 16.6 Å². The highest BCUT2D eigenvalue weighted by atomic mass is 79.9. The smallest absolute Gasteiger partial charge is 0.267 e. The Bertz CT molecular complexity index is 638. The minimum atomic E-state index is -0.493. The van der Waals surface area contributed by atoms with Crippen LogP contribution in [0.5, 0.6) is 0 Å². The lowest BCUT2D eigenvalue weighted by molar-refractivity contribution is 0.102. The SMILES string of the molecule is Cc1nc(N)sc1C(=O)Nc1c(Cl)cc(F)cc1Br. The maximum absolute atomic E-state index is 13.1. The number of aromatic nitrogens is 1. The van der Waals surface area contributed by atoms with E-state index in [1.54, 1.807) is 6.92 Å². The van der Waals surface area contributed by atoms with Crippen LogP contribution in [0, 0.1) is 12.7 Å². The molecule has 3 N–H and O–H groups in total. The van der Waals surface area contributed by atoms with E-state index in [4.69, 9.17) is 17.3 Å². The van der Waals surface area contributed by atoms with Crippen LogP contribution in [0.3, 0.4) is 0 Å². The van der Waals surface area contributed by atoms with Crippen LogP contribution in [0.1, 0.15) is 15.4 Å². The first-order valence-corrected chi connectivity index (χ1v) is 7.06. The van der Waals surface area contributed by atoms with Crippen molar-refractivity contribution in [2.24, 2.45) is 0 Å². The van der Waals surface area contributed by atoms with Crippen LogP contribution in [0.2, 0.25) is 5.02 Å². The van der Waals surface area contributed by atoms with Crippen LogP contribution in [-0.4, -0.2) is 10.9 Å². The second-order valence-corrected chi connectivity index (χ2v) is 5.96. The molecule has 8 heteroatoms. The number of carbonyl (C=O) groups excluding carboxylic acids is 1. The fraction of sp³-hybridized carbons (Fsp3) is 0.0909. The molecule has 2 aromatic rings. The Morgan fingerprint density at radius 3 is 2.79 bits per heavy atom. The minimum Gasteiger partial charge on any atom is -0.375 e. The van der Waals surface area contributed by atoms with E-state index in [0.29, 0.717) is 25.9 Å². The fourth-order valence-corrected chi connectivity index (χ4v) is 3.09. The monoisotopic (exact) mass is 363 g/mol. The van der Waals surface area contributed by atoms with E-state index in [1.807, 2.05) is 0 Å². The molecule has 0 aliphatic heterocycles. The Morgan fingerprint density at radius 2 is 2.26 bits per heavy atom. The molecule has 1 aromatic heterocycles. The van der Waals surface area contributed by atoms with Crippen LogP contribution < -0.4 is 11.1 Å². The van der Waals surface area contributed by atoms with Crippen molar-refractivity contribution in [3.8, 4) is 0 Å². The van der Waals surface area contributed by atoms with Crippen LogP contribution in [-0.2, 0) is 0 Å². The molecule has 1 amide bonds. The van der Waals surface area contributed by atoms with Gasteiger partial charge in [-0.15, -0.1) is 0 Å². The lowest BCUT2D eigenvalue weighted by Gasteiger charge is -2.09. The van der Waals surface area contributed by atoms with Crippen molar-refractivity contribution in [2.45, 2.75) is 6.92 Å². The van der Waals surface area contributed by atoms with Gasteiger partial charge in [-0.1, -0.05) is 22.9 Å². The molecule has 0 aliphatic carbocycles. The summed E-state index contributed by atoms with van der Waals surface area (Å²) in [4.78, 5) is 16.4. The zero-order valence-electron chi connectivity index (χ0n) is 9.63. The summed E-state index contributed by atoms with van der Waals surface area (Å²) in [5, 5.41) is 3.03. The number of amides is 1. The molecule has 0 spiro atoms. The van der Waals surface area contributed by atoms with Gasteiger partial charge in [0.15, 0.2) is 5.13 Å². The maximum Gasteiger partial charge on any atom is 0.267 e. The second kappa shape index (κ2) is 5.44. The van der Waals surface area contributed by atoms with Crippen molar-refractivity contribution in [3.05, 3.63) is 38.0 Å². The maximum atomic E-state index is 13.1. The molecule has 0 fully saturated rings. The first-order chi connectivity index (χ1) is 8.88. The highest BCUT2D eigenvalue weighted by Crippen LogP contribution is 2.32. The molecule has 4 nitrogen and oxygen atoms in total. The van der Waals surface area contributed by atoms with Crippen molar-refractivity contribution < 1.29 is 9.18 Å². The molecule has 0 radical (unpaired) electrons. The Labute approximate surface area is 125 Å². The molecule has 0 atom stereocenters. The number of carbonyl (C=O) groups is 1. The molecule has 1 heterocycles. The van der Waals surface area contributed by atoms with Crippen molar-refractivity contribution >= 4 is 55.6 Å². The van der Waals surface area contributed by atoms with Gasteiger partial charge in [-0.2, -0.15) is 0 Å². The second-order valence-electron chi connectivity index (χ2n) is 3.67. The van der Waals surface area contributed by atoms with Gasteiger partial charge in [-0.05, 0) is 35.0 Å². The fourth-order valence-electron chi connectivity index (χ4n) is 1.46. The number of aryl methyl sites for hydroxylation is 1. The summed E-state index contributed by atoms with van der Waals surface area (Å²) < 4.78 is 13.4. The molecular formula is C11H8BrClFN3OS. The number of nitrogen functional groups attached to an aromatic ring is 1. The summed E-state index contributed by atoms with van der Waals surface area (Å²) in [5.41, 5.74) is 6.37. The number of nitrogens with zero attached hydrogens (tertiary/aromatic N) is 1. The molecule has 0 unspecified atom stereocenters. The van der Waals surface area contributed by atoms with Crippen molar-refractivity contribution in [1.29, 1.82) is 0 Å².